The van der Waals surface area contributed by atoms with E-state index >= 15 is 4.79 Å². The molecule has 48 heavy (non-hydrogen) atoms. The lowest BCUT2D eigenvalue weighted by atomic mass is 9.79. The molecule has 0 spiro atoms. The monoisotopic (exact) mass is 675 g/mol. The number of likely N-dealkylation sites (N-methyl/N-ethyl adjacent to an activating group) is 2. The Bertz CT molecular complexity index is 1840. The van der Waals surface area contributed by atoms with Gasteiger partial charge in [-0.25, -0.2) is 12.7 Å². The first-order valence-electron chi connectivity index (χ1n) is 15.6. The summed E-state index contributed by atoms with van der Waals surface area (Å²) in [6, 6.07) is 17.2. The van der Waals surface area contributed by atoms with E-state index in [0.29, 0.717) is 56.1 Å². The van der Waals surface area contributed by atoms with Crippen LogP contribution in [-0.4, -0.2) is 103 Å². The van der Waals surface area contributed by atoms with E-state index < -0.39 is 27.5 Å². The number of nitrogens with zero attached hydrogens (tertiary/aromatic N) is 5. The Morgan fingerprint density at radius 1 is 1.00 bits per heavy atom. The van der Waals surface area contributed by atoms with Crippen molar-refractivity contribution in [3.05, 3.63) is 82.9 Å². The fourth-order valence-electron chi connectivity index (χ4n) is 6.73. The van der Waals surface area contributed by atoms with Crippen LogP contribution in [0.5, 0.6) is 11.5 Å². The number of hydrogen-bond acceptors (Lipinski definition) is 10. The van der Waals surface area contributed by atoms with Crippen LogP contribution in [0.3, 0.4) is 0 Å². The third kappa shape index (κ3) is 5.90. The highest BCUT2D eigenvalue weighted by atomic mass is 32.2. The minimum Gasteiger partial charge on any atom is -0.497 e. The van der Waals surface area contributed by atoms with Crippen molar-refractivity contribution in [3.63, 3.8) is 0 Å². The molecule has 1 fully saturated rings. The zero-order valence-electron chi connectivity index (χ0n) is 28.1. The molecule has 0 N–H and O–H groups in total. The molecule has 3 aromatic rings. The molecule has 0 bridgehead atoms. The number of carbonyl (C=O) groups excluding carboxylic acids is 2. The summed E-state index contributed by atoms with van der Waals surface area (Å²) in [6.07, 6.45) is 1.03. The predicted molar refractivity (Wildman–Crippen MR) is 179 cm³/mol. The second-order valence-corrected chi connectivity index (χ2v) is 13.9. The van der Waals surface area contributed by atoms with Gasteiger partial charge in [0.25, 0.3) is 15.9 Å². The summed E-state index contributed by atoms with van der Waals surface area (Å²) < 4.78 is 46.3. The zero-order chi connectivity index (χ0) is 34.8. The molecular weight excluding hydrogens is 634 g/mol. The van der Waals surface area contributed by atoms with E-state index in [0.717, 1.165) is 9.87 Å². The predicted octanol–water partition coefficient (Wildman–Crippen LogP) is 3.19. The average molecular weight is 676 g/mol. The van der Waals surface area contributed by atoms with Gasteiger partial charge >= 0.3 is 0 Å². The number of fused-ring (bicyclic) bond motifs is 1. The molecule has 2 atom stereocenters. The lowest BCUT2D eigenvalue weighted by Crippen LogP contribution is -2.59. The van der Waals surface area contributed by atoms with Crippen molar-refractivity contribution in [2.24, 2.45) is 0 Å². The van der Waals surface area contributed by atoms with Crippen LogP contribution in [0.2, 0.25) is 0 Å². The zero-order valence-corrected chi connectivity index (χ0v) is 28.9. The van der Waals surface area contributed by atoms with Gasteiger partial charge in [0.05, 0.1) is 49.1 Å². The van der Waals surface area contributed by atoms with Crippen molar-refractivity contribution in [2.45, 2.75) is 35.9 Å². The van der Waals surface area contributed by atoms with Crippen LogP contribution in [0.1, 0.15) is 35.1 Å². The molecule has 5 rings (SSSR count). The third-order valence-electron chi connectivity index (χ3n) is 9.02. The lowest BCUT2D eigenvalue weighted by Gasteiger charge is -2.42. The highest BCUT2D eigenvalue weighted by Gasteiger charge is 2.63. The van der Waals surface area contributed by atoms with Crippen molar-refractivity contribution in [1.82, 2.24) is 14.7 Å². The van der Waals surface area contributed by atoms with Crippen LogP contribution in [0.15, 0.2) is 65.6 Å². The van der Waals surface area contributed by atoms with E-state index in [9.17, 15) is 18.5 Å². The smallest absolute Gasteiger partial charge is 0.271 e. The minimum atomic E-state index is -4.51. The Hall–Kier alpha value is -4.48. The molecule has 0 saturated carbocycles. The van der Waals surface area contributed by atoms with E-state index in [1.807, 2.05) is 19.2 Å². The Morgan fingerprint density at radius 2 is 1.73 bits per heavy atom. The largest absolute Gasteiger partial charge is 0.497 e. The Morgan fingerprint density at radius 3 is 2.35 bits per heavy atom. The van der Waals surface area contributed by atoms with Gasteiger partial charge in [-0.1, -0.05) is 6.07 Å². The van der Waals surface area contributed by atoms with Crippen molar-refractivity contribution >= 4 is 27.5 Å². The van der Waals surface area contributed by atoms with Crippen LogP contribution >= 0.6 is 0 Å². The molecule has 2 aliphatic heterocycles. The molecule has 2 amide bonds. The molecule has 1 unspecified atom stereocenters. The number of rotatable bonds is 12. The molecule has 254 valence electrons. The topological polar surface area (TPSA) is 133 Å². The molecule has 0 aliphatic carbocycles. The molecule has 2 aliphatic rings. The molecule has 0 aromatic heterocycles. The first-order valence-corrected chi connectivity index (χ1v) is 17.0. The quantitative estimate of drug-likeness (QED) is 0.282. The minimum absolute atomic E-state index is 0.0995. The molecule has 13 heteroatoms. The van der Waals surface area contributed by atoms with Gasteiger partial charge in [-0.15, -0.1) is 0 Å². The molecule has 3 aromatic carbocycles. The van der Waals surface area contributed by atoms with Crippen molar-refractivity contribution in [1.29, 1.82) is 5.26 Å². The summed E-state index contributed by atoms with van der Waals surface area (Å²) >= 11 is 0. The summed E-state index contributed by atoms with van der Waals surface area (Å²) in [7, 11) is 5.35. The molecule has 2 heterocycles. The molecular formula is C35H41N5O7S. The fourth-order valence-corrected chi connectivity index (χ4v) is 8.18. The number of benzene rings is 3. The van der Waals surface area contributed by atoms with Gasteiger partial charge < -0.3 is 19.1 Å². The van der Waals surface area contributed by atoms with Crippen molar-refractivity contribution in [2.75, 3.05) is 66.5 Å². The van der Waals surface area contributed by atoms with Crippen LogP contribution < -0.4 is 13.8 Å². The normalized spacial score (nSPS) is 19.3. The number of methoxy groups -OCH3 is 3. The summed E-state index contributed by atoms with van der Waals surface area (Å²) in [6.45, 7) is 1.97. The number of anilines is 1. The van der Waals surface area contributed by atoms with E-state index in [4.69, 9.17) is 14.2 Å². The van der Waals surface area contributed by atoms with Gasteiger partial charge in [0, 0.05) is 52.0 Å². The Labute approximate surface area is 282 Å². The van der Waals surface area contributed by atoms with Crippen molar-refractivity contribution < 1.29 is 32.2 Å². The first kappa shape index (κ1) is 34.8. The number of carbonyl (C=O) groups is 2. The second-order valence-electron chi connectivity index (χ2n) is 12.2. The summed E-state index contributed by atoms with van der Waals surface area (Å²) in [5.41, 5.74) is -0.0110. The summed E-state index contributed by atoms with van der Waals surface area (Å²) in [5, 5.41) is 10.0. The summed E-state index contributed by atoms with van der Waals surface area (Å²) in [5.74, 6) is -0.213. The highest BCUT2D eigenvalue weighted by Crippen LogP contribution is 2.54. The van der Waals surface area contributed by atoms with Crippen LogP contribution in [-0.2, 0) is 36.4 Å². The average Bonchev–Trinajstić information content (AvgIpc) is 3.67. The maximum atomic E-state index is 15.5. The van der Waals surface area contributed by atoms with Gasteiger partial charge in [0.15, 0.2) is 5.54 Å². The van der Waals surface area contributed by atoms with Gasteiger partial charge in [0.2, 0.25) is 5.91 Å². The number of nitriles is 1. The van der Waals surface area contributed by atoms with Crippen LogP contribution in [0.25, 0.3) is 0 Å². The number of ether oxygens (including phenoxy) is 3. The molecule has 0 radical (unpaired) electrons. The number of hydrogen-bond donors (Lipinski definition) is 0. The Balaban J connectivity index is 1.84. The second kappa shape index (κ2) is 13.9. The van der Waals surface area contributed by atoms with Crippen LogP contribution in [0, 0.1) is 11.3 Å². The van der Waals surface area contributed by atoms with Gasteiger partial charge in [-0.2, -0.15) is 5.26 Å². The summed E-state index contributed by atoms with van der Waals surface area (Å²) in [4.78, 5) is 34.5. The maximum Gasteiger partial charge on any atom is 0.271 e. The van der Waals surface area contributed by atoms with Gasteiger partial charge in [-0.05, 0) is 80.1 Å². The molecule has 12 nitrogen and oxygen atoms in total. The SMILES string of the molecule is COCCN(C)Cc1ccc(OC)c(C2(N3CCC[C@H]3C(=O)N(C)C)C(=O)N(S(=O)(=O)c3ccc(OC)cc3)c3ccc(C#N)cc32)c1. The Kier molecular flexibility index (Phi) is 10.1. The van der Waals surface area contributed by atoms with E-state index in [1.165, 1.54) is 55.5 Å². The number of sulfonamides is 1. The van der Waals surface area contributed by atoms with E-state index in [-0.39, 0.29) is 27.6 Å². The van der Waals surface area contributed by atoms with Gasteiger partial charge in [0.1, 0.15) is 11.5 Å². The highest BCUT2D eigenvalue weighted by molar-refractivity contribution is 7.93. The van der Waals surface area contributed by atoms with Gasteiger partial charge in [-0.3, -0.25) is 19.4 Å². The first-order chi connectivity index (χ1) is 22.9. The van der Waals surface area contributed by atoms with Crippen LogP contribution in [0.4, 0.5) is 5.69 Å². The number of amides is 2. The van der Waals surface area contributed by atoms with E-state index in [2.05, 4.69) is 11.0 Å². The molecule has 1 saturated heterocycles. The number of likely N-dealkylation sites (tertiary alicyclic amines) is 1. The van der Waals surface area contributed by atoms with E-state index in [1.54, 1.807) is 38.2 Å². The third-order valence-corrected chi connectivity index (χ3v) is 10.7. The fraction of sp³-hybridized carbons (Fsp3) is 0.400. The lowest BCUT2D eigenvalue weighted by molar-refractivity contribution is -0.138. The van der Waals surface area contributed by atoms with Crippen molar-refractivity contribution in [3.8, 4) is 17.6 Å². The standard InChI is InChI=1S/C35H41N5O7S/c1-37(2)33(41)31-8-7-17-39(31)35(29-21-25(10-16-32(29)47-6)23-38(3)18-19-45-4)28-20-24(22-36)9-15-30(28)40(34(35)42)48(43,44)27-13-11-26(46-5)12-14-27/h9-16,20-21,31H,7-8,17-19,23H2,1-6H3/t31-,35?/m0/s1. The maximum absolute atomic E-state index is 15.5.